The normalized spacial score (nSPS) is 15.4. The minimum Gasteiger partial charge on any atom is -0.393 e. The van der Waals surface area contributed by atoms with Gasteiger partial charge in [0, 0.05) is 32.4 Å². The van der Waals surface area contributed by atoms with Crippen LogP contribution >= 0.6 is 0 Å². The number of hydrogen-bond donors (Lipinski definition) is 4. The van der Waals surface area contributed by atoms with Crippen LogP contribution in [-0.2, 0) is 13.1 Å². The number of benzene rings is 1. The number of rotatable bonds is 5. The molecule has 0 spiro atoms. The molecule has 156 valence electrons. The number of hydrogen-bond acceptors (Lipinski definition) is 6. The van der Waals surface area contributed by atoms with Gasteiger partial charge >= 0.3 is 5.69 Å². The van der Waals surface area contributed by atoms with Crippen LogP contribution in [0, 0.1) is 0 Å². The highest BCUT2D eigenvalue weighted by Gasteiger charge is 2.16. The zero-order chi connectivity index (χ0) is 21.1. The molecule has 0 saturated carbocycles. The summed E-state index contributed by atoms with van der Waals surface area (Å²) in [5.41, 5.74) is 1.29. The quantitative estimate of drug-likeness (QED) is 0.485. The van der Waals surface area contributed by atoms with E-state index in [4.69, 9.17) is 0 Å². The molecule has 0 atom stereocenters. The summed E-state index contributed by atoms with van der Waals surface area (Å²) < 4.78 is 0. The number of aromatic nitrogens is 3. The van der Waals surface area contributed by atoms with E-state index in [0.717, 1.165) is 38.0 Å². The number of amides is 1. The number of carbonyl (C=O) groups is 1. The molecule has 0 unspecified atom stereocenters. The second kappa shape index (κ2) is 8.60. The van der Waals surface area contributed by atoms with Gasteiger partial charge in [0.1, 0.15) is 5.65 Å². The number of fused-ring (bicyclic) bond motifs is 1. The zero-order valence-corrected chi connectivity index (χ0v) is 16.4. The number of carbonyl (C=O) groups excluding carboxylic acids is 1. The number of aliphatic hydroxyl groups excluding tert-OH is 1. The molecule has 9 nitrogen and oxygen atoms in total. The number of pyridine rings is 1. The number of nitrogens with one attached hydrogen (secondary N) is 3. The Morgan fingerprint density at radius 1 is 1.13 bits per heavy atom. The Morgan fingerprint density at radius 3 is 2.57 bits per heavy atom. The minimum absolute atomic E-state index is 0.138. The van der Waals surface area contributed by atoms with Gasteiger partial charge in [-0.05, 0) is 30.0 Å². The van der Waals surface area contributed by atoms with Gasteiger partial charge in [0.25, 0.3) is 11.5 Å². The summed E-state index contributed by atoms with van der Waals surface area (Å²) in [6.07, 6.45) is 2.78. The predicted octanol–water partition coefficient (Wildman–Crippen LogP) is 0.498. The molecule has 0 aliphatic carbocycles. The van der Waals surface area contributed by atoms with Crippen LogP contribution in [0.25, 0.3) is 11.0 Å². The van der Waals surface area contributed by atoms with Crippen molar-refractivity contribution in [2.75, 3.05) is 13.1 Å². The van der Waals surface area contributed by atoms with Crippen molar-refractivity contribution in [3.8, 4) is 0 Å². The van der Waals surface area contributed by atoms with E-state index in [1.165, 1.54) is 17.8 Å². The summed E-state index contributed by atoms with van der Waals surface area (Å²) in [6.45, 7) is 2.98. The van der Waals surface area contributed by atoms with Crippen LogP contribution in [0.1, 0.15) is 34.3 Å². The molecule has 3 heterocycles. The molecular formula is C21H23N5O4. The summed E-state index contributed by atoms with van der Waals surface area (Å²) >= 11 is 0. The molecule has 3 aromatic rings. The van der Waals surface area contributed by atoms with Crippen molar-refractivity contribution in [2.45, 2.75) is 32.0 Å². The zero-order valence-electron chi connectivity index (χ0n) is 16.4. The van der Waals surface area contributed by atoms with Gasteiger partial charge in [-0.2, -0.15) is 0 Å². The number of nitrogens with zero attached hydrogens (tertiary/aromatic N) is 2. The first-order valence-electron chi connectivity index (χ1n) is 9.87. The number of aromatic amines is 2. The van der Waals surface area contributed by atoms with E-state index in [1.807, 2.05) is 24.3 Å². The summed E-state index contributed by atoms with van der Waals surface area (Å²) in [7, 11) is 0. The highest BCUT2D eigenvalue weighted by atomic mass is 16.3. The van der Waals surface area contributed by atoms with Crippen LogP contribution < -0.4 is 16.6 Å². The fourth-order valence-electron chi connectivity index (χ4n) is 3.55. The van der Waals surface area contributed by atoms with Gasteiger partial charge < -0.3 is 10.4 Å². The maximum absolute atomic E-state index is 12.4. The van der Waals surface area contributed by atoms with Gasteiger partial charge in [0.15, 0.2) is 0 Å². The summed E-state index contributed by atoms with van der Waals surface area (Å²) in [5, 5.41) is 12.6. The highest BCUT2D eigenvalue weighted by Crippen LogP contribution is 2.14. The van der Waals surface area contributed by atoms with Crippen LogP contribution in [0.3, 0.4) is 0 Å². The maximum Gasteiger partial charge on any atom is 0.327 e. The first-order chi connectivity index (χ1) is 14.5. The van der Waals surface area contributed by atoms with E-state index < -0.39 is 11.2 Å². The van der Waals surface area contributed by atoms with Crippen molar-refractivity contribution in [2.24, 2.45) is 0 Å². The van der Waals surface area contributed by atoms with Crippen molar-refractivity contribution >= 4 is 16.9 Å². The fourth-order valence-corrected chi connectivity index (χ4v) is 3.55. The molecule has 2 aromatic heterocycles. The monoisotopic (exact) mass is 409 g/mol. The second-order valence-corrected chi connectivity index (χ2v) is 7.53. The van der Waals surface area contributed by atoms with E-state index >= 15 is 0 Å². The third-order valence-corrected chi connectivity index (χ3v) is 5.29. The molecule has 4 N–H and O–H groups in total. The van der Waals surface area contributed by atoms with Crippen molar-refractivity contribution in [1.29, 1.82) is 0 Å². The average Bonchev–Trinajstić information content (AvgIpc) is 2.74. The van der Waals surface area contributed by atoms with Crippen LogP contribution in [0.15, 0.2) is 46.1 Å². The van der Waals surface area contributed by atoms with Crippen LogP contribution in [0.5, 0.6) is 0 Å². The smallest absolute Gasteiger partial charge is 0.327 e. The number of H-pyrrole nitrogens is 2. The van der Waals surface area contributed by atoms with E-state index in [9.17, 15) is 19.5 Å². The van der Waals surface area contributed by atoms with Crippen molar-refractivity contribution in [3.63, 3.8) is 0 Å². The molecule has 9 heteroatoms. The average molecular weight is 409 g/mol. The standard InChI is InChI=1S/C21H23N5O4/c27-16-5-7-26(8-6-16)12-14-3-1-13(2-4-14)10-23-19(28)15-9-17-18(22-11-15)24-21(30)25-20(17)29/h1-4,9,11,16,27H,5-8,10,12H2,(H,23,28)(H2,22,24,25,29,30). The van der Waals surface area contributed by atoms with Crippen LogP contribution in [0.4, 0.5) is 0 Å². The van der Waals surface area contributed by atoms with E-state index in [-0.39, 0.29) is 28.6 Å². The van der Waals surface area contributed by atoms with Gasteiger partial charge in [-0.1, -0.05) is 24.3 Å². The lowest BCUT2D eigenvalue weighted by molar-refractivity contribution is 0.0792. The van der Waals surface area contributed by atoms with Crippen molar-refractivity contribution < 1.29 is 9.90 Å². The van der Waals surface area contributed by atoms with Gasteiger partial charge in [-0.15, -0.1) is 0 Å². The first kappa shape index (κ1) is 20.0. The first-order valence-corrected chi connectivity index (χ1v) is 9.87. The minimum atomic E-state index is -0.640. The topological polar surface area (TPSA) is 131 Å². The summed E-state index contributed by atoms with van der Waals surface area (Å²) in [5.74, 6) is -0.356. The van der Waals surface area contributed by atoms with E-state index in [2.05, 4.69) is 25.2 Å². The lowest BCUT2D eigenvalue weighted by Gasteiger charge is -2.29. The third-order valence-electron chi connectivity index (χ3n) is 5.29. The number of aliphatic hydroxyl groups is 1. The number of likely N-dealkylation sites (tertiary alicyclic amines) is 1. The largest absolute Gasteiger partial charge is 0.393 e. The molecular weight excluding hydrogens is 386 g/mol. The van der Waals surface area contributed by atoms with E-state index in [0.29, 0.717) is 6.54 Å². The van der Waals surface area contributed by atoms with Gasteiger partial charge in [-0.25, -0.2) is 9.78 Å². The van der Waals surface area contributed by atoms with Crippen LogP contribution in [-0.4, -0.2) is 50.1 Å². The Hall–Kier alpha value is -3.30. The fraction of sp³-hybridized carbons (Fsp3) is 0.333. The van der Waals surface area contributed by atoms with Crippen LogP contribution in [0.2, 0.25) is 0 Å². The Balaban J connectivity index is 1.36. The number of piperidine rings is 1. The van der Waals surface area contributed by atoms with E-state index in [1.54, 1.807) is 0 Å². The van der Waals surface area contributed by atoms with Gasteiger partial charge in [0.2, 0.25) is 0 Å². The molecule has 1 amide bonds. The highest BCUT2D eigenvalue weighted by molar-refractivity contribution is 5.96. The molecule has 0 radical (unpaired) electrons. The Labute approximate surface area is 171 Å². The molecule has 1 fully saturated rings. The molecule has 30 heavy (non-hydrogen) atoms. The summed E-state index contributed by atoms with van der Waals surface area (Å²) in [4.78, 5) is 46.5. The van der Waals surface area contributed by atoms with Crippen molar-refractivity contribution in [1.82, 2.24) is 25.2 Å². The summed E-state index contributed by atoms with van der Waals surface area (Å²) in [6, 6.07) is 9.44. The Morgan fingerprint density at radius 2 is 1.83 bits per heavy atom. The molecule has 1 aliphatic heterocycles. The van der Waals surface area contributed by atoms with Gasteiger partial charge in [-0.3, -0.25) is 24.5 Å². The Bertz CT molecular complexity index is 1160. The lowest BCUT2D eigenvalue weighted by atomic mass is 10.1. The Kier molecular flexibility index (Phi) is 5.73. The second-order valence-electron chi connectivity index (χ2n) is 7.53. The molecule has 1 aromatic carbocycles. The van der Waals surface area contributed by atoms with Crippen molar-refractivity contribution in [3.05, 3.63) is 74.1 Å². The third kappa shape index (κ3) is 4.64. The molecule has 1 aliphatic rings. The maximum atomic E-state index is 12.4. The SMILES string of the molecule is O=C(NCc1ccc(CN2CCC(O)CC2)cc1)c1cnc2[nH]c(=O)[nH]c(=O)c2c1. The lowest BCUT2D eigenvalue weighted by Crippen LogP contribution is -2.35. The van der Waals surface area contributed by atoms with Gasteiger partial charge in [0.05, 0.1) is 17.1 Å². The predicted molar refractivity (Wildman–Crippen MR) is 111 cm³/mol. The molecule has 1 saturated heterocycles. The molecule has 4 rings (SSSR count). The molecule has 0 bridgehead atoms.